The molecule has 3 rings (SSSR count). The van der Waals surface area contributed by atoms with Crippen LogP contribution >= 0.6 is 0 Å². The van der Waals surface area contributed by atoms with Crippen LogP contribution in [0.15, 0.2) is 30.6 Å². The molecule has 0 atom stereocenters. The maximum absolute atomic E-state index is 12.1. The maximum atomic E-state index is 12.1. The first-order valence-electron chi connectivity index (χ1n) is 7.80. The Bertz CT molecular complexity index is 704. The van der Waals surface area contributed by atoms with Gasteiger partial charge in [-0.15, -0.1) is 0 Å². The van der Waals surface area contributed by atoms with Crippen molar-refractivity contribution in [1.82, 2.24) is 19.8 Å². The molecule has 7 nitrogen and oxygen atoms in total. The van der Waals surface area contributed by atoms with Gasteiger partial charge < -0.3 is 19.9 Å². The van der Waals surface area contributed by atoms with Crippen LogP contribution in [0.5, 0.6) is 0 Å². The van der Waals surface area contributed by atoms with Gasteiger partial charge in [0.1, 0.15) is 0 Å². The van der Waals surface area contributed by atoms with Gasteiger partial charge in [-0.05, 0) is 25.0 Å². The van der Waals surface area contributed by atoms with Gasteiger partial charge in [0, 0.05) is 26.2 Å². The summed E-state index contributed by atoms with van der Waals surface area (Å²) in [4.78, 5) is 29.0. The van der Waals surface area contributed by atoms with Crippen LogP contribution in [-0.4, -0.2) is 51.2 Å². The summed E-state index contributed by atoms with van der Waals surface area (Å²) < 4.78 is 2.01. The monoisotopic (exact) mass is 316 g/mol. The van der Waals surface area contributed by atoms with E-state index in [2.05, 4.69) is 10.3 Å². The predicted octanol–water partition coefficient (Wildman–Crippen LogP) is 1.54. The molecule has 1 saturated heterocycles. The van der Waals surface area contributed by atoms with Gasteiger partial charge in [-0.3, -0.25) is 4.79 Å². The number of nitrogens with one attached hydrogen (secondary N) is 1. The molecule has 0 saturated carbocycles. The predicted molar refractivity (Wildman–Crippen MR) is 85.1 cm³/mol. The molecule has 1 aliphatic heterocycles. The number of carboxylic acids is 1. The number of fused-ring (bicyclic) bond motifs is 1. The molecule has 0 bridgehead atoms. The highest BCUT2D eigenvalue weighted by atomic mass is 16.4. The van der Waals surface area contributed by atoms with E-state index in [-0.39, 0.29) is 11.9 Å². The SMILES string of the molecule is O=C(O)C1CCN(C(=O)NCCn2cnc3ccccc32)CC1. The van der Waals surface area contributed by atoms with E-state index in [0.717, 1.165) is 11.0 Å². The number of aromatic nitrogens is 2. The summed E-state index contributed by atoms with van der Waals surface area (Å²) in [6.07, 6.45) is 2.82. The first-order valence-corrected chi connectivity index (χ1v) is 7.80. The average molecular weight is 316 g/mol. The van der Waals surface area contributed by atoms with Gasteiger partial charge in [-0.2, -0.15) is 0 Å². The second-order valence-corrected chi connectivity index (χ2v) is 5.76. The number of hydrogen-bond acceptors (Lipinski definition) is 3. The molecule has 7 heteroatoms. The molecule has 0 aliphatic carbocycles. The van der Waals surface area contributed by atoms with E-state index >= 15 is 0 Å². The Morgan fingerprint density at radius 3 is 2.74 bits per heavy atom. The number of urea groups is 1. The lowest BCUT2D eigenvalue weighted by Crippen LogP contribution is -2.46. The summed E-state index contributed by atoms with van der Waals surface area (Å²) in [5.41, 5.74) is 1.98. The normalized spacial score (nSPS) is 15.7. The van der Waals surface area contributed by atoms with Crippen molar-refractivity contribution < 1.29 is 14.7 Å². The number of imidazole rings is 1. The van der Waals surface area contributed by atoms with Gasteiger partial charge in [0.25, 0.3) is 0 Å². The number of likely N-dealkylation sites (tertiary alicyclic amines) is 1. The molecule has 1 fully saturated rings. The van der Waals surface area contributed by atoms with Crippen LogP contribution < -0.4 is 5.32 Å². The van der Waals surface area contributed by atoms with Gasteiger partial charge in [-0.1, -0.05) is 12.1 Å². The van der Waals surface area contributed by atoms with Crippen molar-refractivity contribution in [2.75, 3.05) is 19.6 Å². The van der Waals surface area contributed by atoms with Gasteiger partial charge >= 0.3 is 12.0 Å². The summed E-state index contributed by atoms with van der Waals surface area (Å²) in [7, 11) is 0. The van der Waals surface area contributed by atoms with Crippen molar-refractivity contribution >= 4 is 23.0 Å². The fraction of sp³-hybridized carbons (Fsp3) is 0.438. The molecular weight excluding hydrogens is 296 g/mol. The summed E-state index contributed by atoms with van der Waals surface area (Å²) in [6.45, 7) is 2.16. The number of nitrogens with zero attached hydrogens (tertiary/aromatic N) is 3. The van der Waals surface area contributed by atoms with E-state index in [1.807, 2.05) is 28.8 Å². The maximum Gasteiger partial charge on any atom is 0.317 e. The Hall–Kier alpha value is -2.57. The molecule has 2 N–H and O–H groups in total. The number of rotatable bonds is 4. The lowest BCUT2D eigenvalue weighted by atomic mass is 9.97. The first kappa shape index (κ1) is 15.3. The van der Waals surface area contributed by atoms with Gasteiger partial charge in [0.2, 0.25) is 0 Å². The van der Waals surface area contributed by atoms with Crippen LogP contribution in [0.1, 0.15) is 12.8 Å². The van der Waals surface area contributed by atoms with Gasteiger partial charge in [0.15, 0.2) is 0 Å². The molecule has 122 valence electrons. The first-order chi connectivity index (χ1) is 11.1. The molecule has 0 unspecified atom stereocenters. The van der Waals surface area contributed by atoms with Crippen molar-refractivity contribution in [2.45, 2.75) is 19.4 Å². The smallest absolute Gasteiger partial charge is 0.317 e. The highest BCUT2D eigenvalue weighted by molar-refractivity contribution is 5.76. The van der Waals surface area contributed by atoms with E-state index in [1.165, 1.54) is 0 Å². The molecule has 1 aromatic heterocycles. The number of carboxylic acid groups (broad SMARTS) is 1. The van der Waals surface area contributed by atoms with E-state index in [4.69, 9.17) is 5.11 Å². The largest absolute Gasteiger partial charge is 0.481 e. The summed E-state index contributed by atoms with van der Waals surface area (Å²) >= 11 is 0. The van der Waals surface area contributed by atoms with Crippen LogP contribution in [-0.2, 0) is 11.3 Å². The van der Waals surface area contributed by atoms with Crippen LogP contribution in [0.3, 0.4) is 0 Å². The Morgan fingerprint density at radius 2 is 2.00 bits per heavy atom. The molecule has 0 radical (unpaired) electrons. The zero-order valence-corrected chi connectivity index (χ0v) is 12.8. The number of carbonyl (C=O) groups excluding carboxylic acids is 1. The second-order valence-electron chi connectivity index (χ2n) is 5.76. The standard InChI is InChI=1S/C16H20N4O3/c21-15(22)12-5-8-19(9-6-12)16(23)17-7-10-20-11-18-13-3-1-2-4-14(13)20/h1-4,11-12H,5-10H2,(H,17,23)(H,21,22). The van der Waals surface area contributed by atoms with Crippen molar-refractivity contribution in [3.05, 3.63) is 30.6 Å². The lowest BCUT2D eigenvalue weighted by Gasteiger charge is -2.30. The van der Waals surface area contributed by atoms with E-state index < -0.39 is 5.97 Å². The van der Waals surface area contributed by atoms with Crippen molar-refractivity contribution in [2.24, 2.45) is 5.92 Å². The Kier molecular flexibility index (Phi) is 4.45. The minimum atomic E-state index is -0.767. The molecule has 1 aromatic carbocycles. The van der Waals surface area contributed by atoms with Crippen LogP contribution in [0.2, 0.25) is 0 Å². The Morgan fingerprint density at radius 1 is 1.26 bits per heavy atom. The minimum absolute atomic E-state index is 0.127. The van der Waals surface area contributed by atoms with E-state index in [1.54, 1.807) is 11.2 Å². The van der Waals surface area contributed by atoms with Gasteiger partial charge in [-0.25, -0.2) is 9.78 Å². The average Bonchev–Trinajstić information content (AvgIpc) is 2.98. The number of amides is 2. The highest BCUT2D eigenvalue weighted by Gasteiger charge is 2.26. The number of hydrogen-bond donors (Lipinski definition) is 2. The number of carbonyl (C=O) groups is 2. The van der Waals surface area contributed by atoms with Crippen LogP contribution in [0.25, 0.3) is 11.0 Å². The quantitative estimate of drug-likeness (QED) is 0.896. The van der Waals surface area contributed by atoms with E-state index in [9.17, 15) is 9.59 Å². The minimum Gasteiger partial charge on any atom is -0.481 e. The third kappa shape index (κ3) is 3.44. The van der Waals surface area contributed by atoms with Gasteiger partial charge in [0.05, 0.1) is 23.3 Å². The number of benzene rings is 1. The molecular formula is C16H20N4O3. The van der Waals surface area contributed by atoms with Crippen LogP contribution in [0, 0.1) is 5.92 Å². The van der Waals surface area contributed by atoms with Crippen molar-refractivity contribution in [3.63, 3.8) is 0 Å². The zero-order chi connectivity index (χ0) is 16.2. The zero-order valence-electron chi connectivity index (χ0n) is 12.8. The lowest BCUT2D eigenvalue weighted by molar-refractivity contribution is -0.143. The molecule has 23 heavy (non-hydrogen) atoms. The van der Waals surface area contributed by atoms with E-state index in [0.29, 0.717) is 39.0 Å². The fourth-order valence-electron chi connectivity index (χ4n) is 2.91. The second kappa shape index (κ2) is 6.68. The third-order valence-corrected chi connectivity index (χ3v) is 4.29. The van der Waals surface area contributed by atoms with Crippen molar-refractivity contribution in [1.29, 1.82) is 0 Å². The third-order valence-electron chi connectivity index (χ3n) is 4.29. The molecule has 2 amide bonds. The summed E-state index contributed by atoms with van der Waals surface area (Å²) in [5, 5.41) is 11.9. The number of para-hydroxylation sites is 2. The Balaban J connectivity index is 1.47. The molecule has 2 heterocycles. The Labute approximate surface area is 133 Å². The van der Waals surface area contributed by atoms with Crippen LogP contribution in [0.4, 0.5) is 4.79 Å². The summed E-state index contributed by atoms with van der Waals surface area (Å²) in [6, 6.07) is 7.74. The summed E-state index contributed by atoms with van der Waals surface area (Å²) in [5.74, 6) is -1.09. The van der Waals surface area contributed by atoms with Crippen molar-refractivity contribution in [3.8, 4) is 0 Å². The molecule has 2 aromatic rings. The molecule has 0 spiro atoms. The topological polar surface area (TPSA) is 87.5 Å². The number of piperidine rings is 1. The number of aliphatic carboxylic acids is 1. The molecule has 1 aliphatic rings. The highest BCUT2D eigenvalue weighted by Crippen LogP contribution is 2.17. The fourth-order valence-corrected chi connectivity index (χ4v) is 2.91.